The zero-order valence-electron chi connectivity index (χ0n) is 16.5. The third kappa shape index (κ3) is 6.37. The Morgan fingerprint density at radius 3 is 2.41 bits per heavy atom. The zero-order chi connectivity index (χ0) is 21.8. The van der Waals surface area contributed by atoms with Gasteiger partial charge < -0.3 is 14.8 Å². The molecule has 1 aromatic carbocycles. The van der Waals surface area contributed by atoms with Crippen LogP contribution in [0.5, 0.6) is 5.75 Å². The molecular weight excluding hydrogens is 420 g/mol. The SMILES string of the molecule is CC(=O)S[C@@H]1[C@H](NC(=O)COc2ccccc2)C(=O)N1C(Cl)C(=O)OC(C)(C)C. The summed E-state index contributed by atoms with van der Waals surface area (Å²) in [7, 11) is 0. The van der Waals surface area contributed by atoms with Gasteiger partial charge in [-0.1, -0.05) is 41.6 Å². The lowest BCUT2D eigenvalue weighted by atomic mass is 10.1. The van der Waals surface area contributed by atoms with Gasteiger partial charge in [0.15, 0.2) is 11.7 Å². The molecule has 1 N–H and O–H groups in total. The molecular formula is C19H23ClN2O6S. The molecule has 3 atom stereocenters. The number of thioether (sulfide) groups is 1. The van der Waals surface area contributed by atoms with Crippen LogP contribution in [0.2, 0.25) is 0 Å². The maximum Gasteiger partial charge on any atom is 0.345 e. The number of likely N-dealkylation sites (tertiary alicyclic amines) is 1. The topological polar surface area (TPSA) is 102 Å². The Balaban J connectivity index is 2.00. The van der Waals surface area contributed by atoms with Gasteiger partial charge in [-0.15, -0.1) is 0 Å². The molecule has 1 heterocycles. The lowest BCUT2D eigenvalue weighted by molar-refractivity contribution is -0.167. The van der Waals surface area contributed by atoms with Gasteiger partial charge in [0.25, 0.3) is 11.8 Å². The van der Waals surface area contributed by atoms with Crippen LogP contribution in [0.4, 0.5) is 0 Å². The van der Waals surface area contributed by atoms with Crippen LogP contribution < -0.4 is 10.1 Å². The first kappa shape index (κ1) is 23.0. The van der Waals surface area contributed by atoms with Crippen LogP contribution in [0.3, 0.4) is 0 Å². The number of halogens is 1. The Kier molecular flexibility index (Phi) is 7.54. The Bertz CT molecular complexity index is 783. The minimum atomic E-state index is -1.41. The second-order valence-corrected chi connectivity index (χ2v) is 8.97. The Labute approximate surface area is 178 Å². The number of β-lactam (4-membered cyclic amide) rings is 1. The summed E-state index contributed by atoms with van der Waals surface area (Å²) in [5.41, 5.74) is -2.20. The van der Waals surface area contributed by atoms with E-state index in [2.05, 4.69) is 5.32 Å². The van der Waals surface area contributed by atoms with Crippen molar-refractivity contribution < 1.29 is 28.7 Å². The van der Waals surface area contributed by atoms with Crippen molar-refractivity contribution >= 4 is 46.3 Å². The van der Waals surface area contributed by atoms with E-state index in [1.165, 1.54) is 6.92 Å². The number of rotatable bonds is 7. The van der Waals surface area contributed by atoms with Crippen molar-refractivity contribution in [3.05, 3.63) is 30.3 Å². The number of amides is 2. The number of para-hydroxylation sites is 1. The van der Waals surface area contributed by atoms with Gasteiger partial charge in [0.2, 0.25) is 5.50 Å². The molecule has 0 radical (unpaired) electrons. The smallest absolute Gasteiger partial charge is 0.345 e. The molecule has 2 amide bonds. The van der Waals surface area contributed by atoms with Crippen molar-refractivity contribution in [2.24, 2.45) is 0 Å². The van der Waals surface area contributed by atoms with E-state index in [0.717, 1.165) is 16.7 Å². The summed E-state index contributed by atoms with van der Waals surface area (Å²) >= 11 is 6.92. The highest BCUT2D eigenvalue weighted by Crippen LogP contribution is 2.34. The van der Waals surface area contributed by atoms with Crippen molar-refractivity contribution in [3.8, 4) is 5.75 Å². The number of carbonyl (C=O) groups is 4. The lowest BCUT2D eigenvalue weighted by Gasteiger charge is -2.47. The summed E-state index contributed by atoms with van der Waals surface area (Å²) in [6, 6.07) is 7.72. The van der Waals surface area contributed by atoms with Gasteiger partial charge in [-0.25, -0.2) is 4.79 Å². The maximum absolute atomic E-state index is 12.5. The van der Waals surface area contributed by atoms with Crippen LogP contribution >= 0.6 is 23.4 Å². The van der Waals surface area contributed by atoms with E-state index >= 15 is 0 Å². The van der Waals surface area contributed by atoms with E-state index in [-0.39, 0.29) is 11.7 Å². The molecule has 0 aliphatic carbocycles. The van der Waals surface area contributed by atoms with Crippen molar-refractivity contribution in [1.29, 1.82) is 0 Å². The number of alkyl halides is 1. The summed E-state index contributed by atoms with van der Waals surface area (Å²) in [4.78, 5) is 49.5. The monoisotopic (exact) mass is 442 g/mol. The van der Waals surface area contributed by atoms with Crippen LogP contribution in [0.15, 0.2) is 30.3 Å². The third-order valence-electron chi connectivity index (χ3n) is 3.64. The first-order chi connectivity index (χ1) is 13.5. The fourth-order valence-electron chi connectivity index (χ4n) is 2.50. The molecule has 0 bridgehead atoms. The highest BCUT2D eigenvalue weighted by molar-refractivity contribution is 8.14. The normalized spacial score (nSPS) is 19.8. The van der Waals surface area contributed by atoms with Gasteiger partial charge in [0.1, 0.15) is 22.8 Å². The standard InChI is InChI=1S/C19H23ClN2O6S/c1-11(23)29-17-14(21-13(24)10-27-12-8-6-5-7-9-12)16(25)22(17)15(20)18(26)28-19(2,3)4/h5-9,14-15,17H,10H2,1-4H3,(H,21,24)/t14-,15?,17-/m1/s1. The minimum Gasteiger partial charge on any atom is -0.484 e. The first-order valence-corrected chi connectivity index (χ1v) is 10.1. The Morgan fingerprint density at radius 2 is 1.86 bits per heavy atom. The molecule has 1 unspecified atom stereocenters. The number of esters is 1. The Morgan fingerprint density at radius 1 is 1.24 bits per heavy atom. The van der Waals surface area contributed by atoms with Gasteiger partial charge in [0.05, 0.1) is 0 Å². The maximum atomic E-state index is 12.5. The molecule has 10 heteroatoms. The molecule has 2 rings (SSSR count). The molecule has 1 aliphatic rings. The van der Waals surface area contributed by atoms with Crippen LogP contribution in [0.1, 0.15) is 27.7 Å². The van der Waals surface area contributed by atoms with Crippen molar-refractivity contribution in [2.75, 3.05) is 6.61 Å². The van der Waals surface area contributed by atoms with Crippen molar-refractivity contribution in [1.82, 2.24) is 10.2 Å². The molecule has 1 aliphatic heterocycles. The molecule has 1 aromatic rings. The van der Waals surface area contributed by atoms with Crippen molar-refractivity contribution in [2.45, 2.75) is 50.2 Å². The van der Waals surface area contributed by atoms with Crippen LogP contribution in [-0.2, 0) is 23.9 Å². The number of hydrogen-bond donors (Lipinski definition) is 1. The Hall–Kier alpha value is -2.26. The van der Waals surface area contributed by atoms with Gasteiger partial charge >= 0.3 is 5.97 Å². The van der Waals surface area contributed by atoms with Gasteiger partial charge in [0, 0.05) is 6.92 Å². The van der Waals surface area contributed by atoms with Crippen LogP contribution in [0.25, 0.3) is 0 Å². The van der Waals surface area contributed by atoms with E-state index in [1.807, 2.05) is 6.07 Å². The number of nitrogens with zero attached hydrogens (tertiary/aromatic N) is 1. The molecule has 1 saturated heterocycles. The van der Waals surface area contributed by atoms with Crippen molar-refractivity contribution in [3.63, 3.8) is 0 Å². The fraction of sp³-hybridized carbons (Fsp3) is 0.474. The van der Waals surface area contributed by atoms with Crippen LogP contribution in [0, 0.1) is 0 Å². The summed E-state index contributed by atoms with van der Waals surface area (Å²) < 4.78 is 10.5. The number of benzene rings is 1. The summed E-state index contributed by atoms with van der Waals surface area (Å²) in [5, 5.41) is 1.41. The largest absolute Gasteiger partial charge is 0.484 e. The van der Waals surface area contributed by atoms with E-state index < -0.39 is 40.3 Å². The zero-order valence-corrected chi connectivity index (χ0v) is 18.1. The van der Waals surface area contributed by atoms with E-state index in [0.29, 0.717) is 5.75 Å². The molecule has 158 valence electrons. The highest BCUT2D eigenvalue weighted by atomic mass is 35.5. The number of hydrogen-bond acceptors (Lipinski definition) is 7. The quantitative estimate of drug-likeness (QED) is 0.298. The third-order valence-corrected chi connectivity index (χ3v) is 5.10. The predicted molar refractivity (Wildman–Crippen MR) is 108 cm³/mol. The number of ether oxygens (including phenoxy) is 2. The van der Waals surface area contributed by atoms with Crippen LogP contribution in [-0.4, -0.2) is 56.9 Å². The van der Waals surface area contributed by atoms with E-state index in [4.69, 9.17) is 21.1 Å². The van der Waals surface area contributed by atoms with Gasteiger partial charge in [-0.05, 0) is 32.9 Å². The second-order valence-electron chi connectivity index (χ2n) is 7.26. The lowest BCUT2D eigenvalue weighted by Crippen LogP contribution is -2.72. The highest BCUT2D eigenvalue weighted by Gasteiger charge is 2.54. The van der Waals surface area contributed by atoms with Gasteiger partial charge in [-0.3, -0.25) is 19.3 Å². The average Bonchev–Trinajstić information content (AvgIpc) is 2.63. The first-order valence-electron chi connectivity index (χ1n) is 8.83. The minimum absolute atomic E-state index is 0.291. The van der Waals surface area contributed by atoms with Gasteiger partial charge in [-0.2, -0.15) is 0 Å². The van der Waals surface area contributed by atoms with E-state index in [9.17, 15) is 19.2 Å². The molecule has 0 aromatic heterocycles. The molecule has 29 heavy (non-hydrogen) atoms. The molecule has 0 saturated carbocycles. The molecule has 0 spiro atoms. The number of nitrogens with one attached hydrogen (secondary N) is 1. The predicted octanol–water partition coefficient (Wildman–Crippen LogP) is 1.90. The summed E-state index contributed by atoms with van der Waals surface area (Å²) in [5.74, 6) is -1.42. The fourth-order valence-corrected chi connectivity index (χ4v) is 3.83. The number of carbonyl (C=O) groups excluding carboxylic acids is 4. The molecule has 1 fully saturated rings. The summed E-state index contributed by atoms with van der Waals surface area (Å²) in [6.07, 6.45) is 0. The second kappa shape index (κ2) is 9.49. The average molecular weight is 443 g/mol. The molecule has 8 nitrogen and oxygen atoms in total. The summed E-state index contributed by atoms with van der Waals surface area (Å²) in [6.45, 7) is 6.03. The van der Waals surface area contributed by atoms with E-state index in [1.54, 1.807) is 45.0 Å².